The Bertz CT molecular complexity index is 1680. The molecule has 16 nitrogen and oxygen atoms in total. The van der Waals surface area contributed by atoms with Gasteiger partial charge in [0, 0.05) is 46.0 Å². The number of carbonyl (C=O) groups excluding carboxylic acids is 4. The van der Waals surface area contributed by atoms with E-state index in [1.807, 2.05) is 0 Å². The number of hydrogen-bond acceptors (Lipinski definition) is 14. The van der Waals surface area contributed by atoms with Gasteiger partial charge in [0.25, 0.3) is 11.4 Å². The third kappa shape index (κ3) is 7.53. The number of nitrogens with one attached hydrogen (secondary N) is 2. The molecule has 0 fully saturated rings. The van der Waals surface area contributed by atoms with Crippen molar-refractivity contribution in [3.63, 3.8) is 0 Å². The average Bonchev–Trinajstić information content (AvgIpc) is 3.09. The maximum absolute atomic E-state index is 12.3. The maximum Gasteiger partial charge on any atom is 0.336 e. The lowest BCUT2D eigenvalue weighted by Gasteiger charge is -2.29. The van der Waals surface area contributed by atoms with Crippen molar-refractivity contribution in [2.75, 3.05) is 28.4 Å². The van der Waals surface area contributed by atoms with Crippen molar-refractivity contribution in [1.82, 2.24) is 10.6 Å². The molecule has 2 aromatic rings. The molecule has 2 N–H and O–H groups in total. The number of dihydropyridines is 2. The van der Waals surface area contributed by atoms with Crippen molar-refractivity contribution in [3.05, 3.63) is 125 Å². The third-order valence-corrected chi connectivity index (χ3v) is 8.03. The predicted octanol–water partition coefficient (Wildman–Crippen LogP) is 4.35. The summed E-state index contributed by atoms with van der Waals surface area (Å²) < 4.78 is 19.3. The SMILES string of the molecule is COC(=O)C1=C(C)NC(C)=C(C(=O)OC)C1c1ccccc1[N+](=O)[O-].COC(=O)C1=C(C)NC(C)=C(C(=O)OC)C1c1ccccc1[N+](=O)[O-]. The van der Waals surface area contributed by atoms with Gasteiger partial charge in [0.1, 0.15) is 0 Å². The molecule has 2 aromatic carbocycles. The van der Waals surface area contributed by atoms with Crippen LogP contribution < -0.4 is 10.6 Å². The summed E-state index contributed by atoms with van der Waals surface area (Å²) >= 11 is 0. The lowest BCUT2D eigenvalue weighted by molar-refractivity contribution is -0.385. The number of hydrogen-bond donors (Lipinski definition) is 2. The minimum Gasteiger partial charge on any atom is -0.466 e. The molecule has 50 heavy (non-hydrogen) atoms. The van der Waals surface area contributed by atoms with Gasteiger partial charge in [-0.2, -0.15) is 0 Å². The molecule has 264 valence electrons. The van der Waals surface area contributed by atoms with Gasteiger partial charge in [-0.05, 0) is 27.7 Å². The summed E-state index contributed by atoms with van der Waals surface area (Å²) in [5.74, 6) is -4.65. The van der Waals surface area contributed by atoms with Gasteiger partial charge in [0.05, 0.1) is 72.4 Å². The van der Waals surface area contributed by atoms with Crippen molar-refractivity contribution in [2.24, 2.45) is 0 Å². The summed E-state index contributed by atoms with van der Waals surface area (Å²) in [4.78, 5) is 71.2. The lowest BCUT2D eigenvalue weighted by Crippen LogP contribution is -2.32. The number of nitrogens with zero attached hydrogens (tertiary/aromatic N) is 2. The number of rotatable bonds is 8. The van der Waals surface area contributed by atoms with Crippen LogP contribution in [0.2, 0.25) is 0 Å². The van der Waals surface area contributed by atoms with E-state index in [1.165, 1.54) is 64.8 Å². The zero-order chi connectivity index (χ0) is 37.4. The van der Waals surface area contributed by atoms with E-state index in [2.05, 4.69) is 10.6 Å². The molecule has 0 aliphatic carbocycles. The molecule has 0 bridgehead atoms. The summed E-state index contributed by atoms with van der Waals surface area (Å²) in [6.45, 7) is 6.58. The van der Waals surface area contributed by atoms with Crippen LogP contribution in [0.5, 0.6) is 0 Å². The van der Waals surface area contributed by atoms with Crippen molar-refractivity contribution in [3.8, 4) is 0 Å². The molecular formula is C34H36N4O12. The van der Waals surface area contributed by atoms with E-state index in [4.69, 9.17) is 18.9 Å². The Hall–Kier alpha value is -6.32. The van der Waals surface area contributed by atoms with Crippen LogP contribution in [0, 0.1) is 20.2 Å². The number of methoxy groups -OCH3 is 4. The normalized spacial score (nSPS) is 14.9. The largest absolute Gasteiger partial charge is 0.466 e. The van der Waals surface area contributed by atoms with Gasteiger partial charge < -0.3 is 29.6 Å². The third-order valence-electron chi connectivity index (χ3n) is 8.03. The summed E-state index contributed by atoms with van der Waals surface area (Å²) in [6.07, 6.45) is 0. The molecule has 0 atom stereocenters. The summed E-state index contributed by atoms with van der Waals surface area (Å²) in [7, 11) is 4.84. The standard InChI is InChI=1S/2C17H18N2O6/c2*1-9-13(16(20)24-3)15(14(10(2)18-9)17(21)25-4)11-7-5-6-8-12(11)19(22)23/h2*5-8,15,18H,1-4H3. The first-order valence-electron chi connectivity index (χ1n) is 14.8. The fourth-order valence-electron chi connectivity index (χ4n) is 5.93. The maximum atomic E-state index is 12.3. The molecule has 2 aliphatic rings. The van der Waals surface area contributed by atoms with Gasteiger partial charge in [-0.3, -0.25) is 20.2 Å². The summed E-state index contributed by atoms with van der Waals surface area (Å²) in [5, 5.41) is 28.8. The van der Waals surface area contributed by atoms with Crippen LogP contribution in [0.3, 0.4) is 0 Å². The molecule has 16 heteroatoms. The molecule has 2 heterocycles. The number of allylic oxidation sites excluding steroid dienone is 4. The van der Waals surface area contributed by atoms with Gasteiger partial charge in [-0.25, -0.2) is 19.2 Å². The van der Waals surface area contributed by atoms with E-state index in [0.717, 1.165) is 0 Å². The van der Waals surface area contributed by atoms with Gasteiger partial charge in [-0.1, -0.05) is 36.4 Å². The minimum atomic E-state index is -0.970. The van der Waals surface area contributed by atoms with E-state index in [0.29, 0.717) is 22.8 Å². The molecule has 2 aliphatic heterocycles. The van der Waals surface area contributed by atoms with Crippen molar-refractivity contribution < 1.29 is 48.0 Å². The van der Waals surface area contributed by atoms with Crippen molar-refractivity contribution >= 4 is 35.3 Å². The molecule has 4 rings (SSSR count). The van der Waals surface area contributed by atoms with Gasteiger partial charge in [0.15, 0.2) is 0 Å². The first-order valence-corrected chi connectivity index (χ1v) is 14.8. The number of nitro groups is 2. The van der Waals surface area contributed by atoms with Gasteiger partial charge in [0.2, 0.25) is 0 Å². The quantitative estimate of drug-likeness (QED) is 0.170. The highest BCUT2D eigenvalue weighted by Crippen LogP contribution is 2.43. The first-order chi connectivity index (χ1) is 23.7. The van der Waals surface area contributed by atoms with Crippen molar-refractivity contribution in [1.29, 1.82) is 0 Å². The second kappa shape index (κ2) is 16.2. The van der Waals surface area contributed by atoms with Crippen LogP contribution in [0.1, 0.15) is 50.7 Å². The highest BCUT2D eigenvalue weighted by atomic mass is 16.6. The van der Waals surface area contributed by atoms with Crippen LogP contribution >= 0.6 is 0 Å². The second-order valence-corrected chi connectivity index (χ2v) is 10.9. The molecule has 0 unspecified atom stereocenters. The number of carbonyl (C=O) groups is 4. The van der Waals surface area contributed by atoms with Crippen LogP contribution in [0.4, 0.5) is 11.4 Å². The number of benzene rings is 2. The zero-order valence-electron chi connectivity index (χ0n) is 28.6. The van der Waals surface area contributed by atoms with Crippen molar-refractivity contribution in [2.45, 2.75) is 39.5 Å². The summed E-state index contributed by atoms with van der Waals surface area (Å²) in [5.41, 5.74) is 2.38. The van der Waals surface area contributed by atoms with E-state index < -0.39 is 45.6 Å². The summed E-state index contributed by atoms with van der Waals surface area (Å²) in [6, 6.07) is 11.9. The number of ether oxygens (including phenoxy) is 4. The monoisotopic (exact) mass is 692 g/mol. The average molecular weight is 693 g/mol. The topological polar surface area (TPSA) is 216 Å². The fourth-order valence-corrected chi connectivity index (χ4v) is 5.93. The Labute approximate surface area is 286 Å². The van der Waals surface area contributed by atoms with E-state index in [-0.39, 0.29) is 44.8 Å². The Morgan fingerprint density at radius 1 is 0.520 bits per heavy atom. The van der Waals surface area contributed by atoms with E-state index in [9.17, 15) is 39.4 Å². The van der Waals surface area contributed by atoms with Crippen LogP contribution in [0.15, 0.2) is 93.6 Å². The molecule has 0 saturated carbocycles. The van der Waals surface area contributed by atoms with E-state index >= 15 is 0 Å². The molecular weight excluding hydrogens is 656 g/mol. The number of para-hydroxylation sites is 2. The van der Waals surface area contributed by atoms with Crippen LogP contribution in [-0.2, 0) is 38.1 Å². The first kappa shape index (κ1) is 38.1. The predicted molar refractivity (Wildman–Crippen MR) is 177 cm³/mol. The molecule has 0 amide bonds. The van der Waals surface area contributed by atoms with Gasteiger partial charge >= 0.3 is 23.9 Å². The second-order valence-electron chi connectivity index (χ2n) is 10.9. The highest BCUT2D eigenvalue weighted by molar-refractivity contribution is 6.01. The van der Waals surface area contributed by atoms with E-state index in [1.54, 1.807) is 39.8 Å². The lowest BCUT2D eigenvalue weighted by atomic mass is 9.79. The molecule has 0 saturated heterocycles. The minimum absolute atomic E-state index is 0.128. The Morgan fingerprint density at radius 3 is 0.980 bits per heavy atom. The fraction of sp³-hybridized carbons (Fsp3) is 0.294. The Morgan fingerprint density at radius 2 is 0.760 bits per heavy atom. The Kier molecular flexibility index (Phi) is 12.3. The zero-order valence-corrected chi connectivity index (χ0v) is 28.6. The molecule has 0 aromatic heterocycles. The van der Waals surface area contributed by atoms with Crippen LogP contribution in [0.25, 0.3) is 0 Å². The highest BCUT2D eigenvalue weighted by Gasteiger charge is 2.42. The number of esters is 4. The van der Waals surface area contributed by atoms with Gasteiger partial charge in [-0.15, -0.1) is 0 Å². The molecule has 0 radical (unpaired) electrons. The smallest absolute Gasteiger partial charge is 0.336 e. The van der Waals surface area contributed by atoms with Crippen LogP contribution in [-0.4, -0.2) is 62.2 Å². The number of nitro benzene ring substituents is 2. The Balaban J connectivity index is 0.000000270. The molecule has 0 spiro atoms.